The molecular formula is C14H25NO3. The van der Waals surface area contributed by atoms with Crippen LogP contribution in [0.4, 0.5) is 0 Å². The first-order chi connectivity index (χ1) is 8.81. The summed E-state index contributed by atoms with van der Waals surface area (Å²) in [4.78, 5) is 12.3. The number of Topliss-reactive ketones (excluding diaryl/α,β-unsaturated/α-hetero) is 1. The van der Waals surface area contributed by atoms with E-state index in [4.69, 9.17) is 9.47 Å². The summed E-state index contributed by atoms with van der Waals surface area (Å²) >= 11 is 0. The molecule has 104 valence electrons. The smallest absolute Gasteiger partial charge is 0.140 e. The summed E-state index contributed by atoms with van der Waals surface area (Å²) in [6.07, 6.45) is 3.87. The van der Waals surface area contributed by atoms with Gasteiger partial charge in [-0.15, -0.1) is 0 Å². The molecule has 2 aliphatic heterocycles. The molecule has 2 atom stereocenters. The van der Waals surface area contributed by atoms with E-state index >= 15 is 0 Å². The first-order valence-electron chi connectivity index (χ1n) is 7.22. The summed E-state index contributed by atoms with van der Waals surface area (Å²) in [7, 11) is 0. The number of carbonyl (C=O) groups is 1. The monoisotopic (exact) mass is 255 g/mol. The Hall–Kier alpha value is -0.450. The SMILES string of the molecule is CCCNC1COCC1C(=O)CC1CCOCC1. The molecule has 0 saturated carbocycles. The molecule has 0 spiro atoms. The van der Waals surface area contributed by atoms with Crippen molar-refractivity contribution in [3.05, 3.63) is 0 Å². The van der Waals surface area contributed by atoms with Gasteiger partial charge in [0.2, 0.25) is 0 Å². The molecule has 2 saturated heterocycles. The lowest BCUT2D eigenvalue weighted by Gasteiger charge is -2.24. The summed E-state index contributed by atoms with van der Waals surface area (Å²) in [6.45, 7) is 6.03. The Morgan fingerprint density at radius 2 is 2.00 bits per heavy atom. The van der Waals surface area contributed by atoms with E-state index in [2.05, 4.69) is 12.2 Å². The highest BCUT2D eigenvalue weighted by molar-refractivity contribution is 5.82. The molecule has 4 heteroatoms. The van der Waals surface area contributed by atoms with Crippen molar-refractivity contribution >= 4 is 5.78 Å². The van der Waals surface area contributed by atoms with Crippen LogP contribution in [0.25, 0.3) is 0 Å². The number of ether oxygens (including phenoxy) is 2. The fourth-order valence-electron chi connectivity index (χ4n) is 2.79. The van der Waals surface area contributed by atoms with E-state index < -0.39 is 0 Å². The molecule has 0 radical (unpaired) electrons. The van der Waals surface area contributed by atoms with Crippen molar-refractivity contribution in [2.24, 2.45) is 11.8 Å². The Labute approximate surface area is 109 Å². The van der Waals surface area contributed by atoms with Crippen LogP contribution >= 0.6 is 0 Å². The zero-order valence-corrected chi connectivity index (χ0v) is 11.3. The molecule has 0 amide bonds. The third-order valence-corrected chi connectivity index (χ3v) is 3.98. The van der Waals surface area contributed by atoms with E-state index in [9.17, 15) is 4.79 Å². The van der Waals surface area contributed by atoms with Gasteiger partial charge in [0.25, 0.3) is 0 Å². The van der Waals surface area contributed by atoms with Crippen LogP contribution in [0.15, 0.2) is 0 Å². The van der Waals surface area contributed by atoms with Gasteiger partial charge in [-0.3, -0.25) is 4.79 Å². The maximum atomic E-state index is 12.3. The van der Waals surface area contributed by atoms with Crippen molar-refractivity contribution in [3.63, 3.8) is 0 Å². The second kappa shape index (κ2) is 7.22. The van der Waals surface area contributed by atoms with Crippen molar-refractivity contribution in [3.8, 4) is 0 Å². The minimum absolute atomic E-state index is 0.0689. The lowest BCUT2D eigenvalue weighted by Crippen LogP contribution is -2.40. The molecule has 0 aromatic rings. The first-order valence-corrected chi connectivity index (χ1v) is 7.22. The van der Waals surface area contributed by atoms with Crippen LogP contribution in [0, 0.1) is 11.8 Å². The maximum Gasteiger partial charge on any atom is 0.140 e. The van der Waals surface area contributed by atoms with Gasteiger partial charge in [0, 0.05) is 25.7 Å². The van der Waals surface area contributed by atoms with Gasteiger partial charge in [0.1, 0.15) is 5.78 Å². The number of rotatable bonds is 6. The highest BCUT2D eigenvalue weighted by atomic mass is 16.5. The Bertz CT molecular complexity index is 264. The Balaban J connectivity index is 1.79. The van der Waals surface area contributed by atoms with Gasteiger partial charge in [-0.1, -0.05) is 6.92 Å². The standard InChI is InChI=1S/C14H25NO3/c1-2-5-15-13-10-18-9-12(13)14(16)8-11-3-6-17-7-4-11/h11-13,15H,2-10H2,1H3. The van der Waals surface area contributed by atoms with Gasteiger partial charge >= 0.3 is 0 Å². The number of carbonyl (C=O) groups excluding carboxylic acids is 1. The molecular weight excluding hydrogens is 230 g/mol. The maximum absolute atomic E-state index is 12.3. The van der Waals surface area contributed by atoms with Crippen LogP contribution in [-0.2, 0) is 14.3 Å². The Morgan fingerprint density at radius 3 is 2.72 bits per heavy atom. The van der Waals surface area contributed by atoms with Crippen LogP contribution < -0.4 is 5.32 Å². The fourth-order valence-corrected chi connectivity index (χ4v) is 2.79. The molecule has 2 unspecified atom stereocenters. The third kappa shape index (κ3) is 3.77. The summed E-state index contributed by atoms with van der Waals surface area (Å²) < 4.78 is 10.8. The largest absolute Gasteiger partial charge is 0.381 e. The molecule has 2 heterocycles. The highest BCUT2D eigenvalue weighted by Crippen LogP contribution is 2.24. The second-order valence-electron chi connectivity index (χ2n) is 5.43. The first kappa shape index (κ1) is 14.0. The molecule has 0 aliphatic carbocycles. The van der Waals surface area contributed by atoms with Gasteiger partial charge in [-0.25, -0.2) is 0 Å². The number of hydrogen-bond acceptors (Lipinski definition) is 4. The van der Waals surface area contributed by atoms with E-state index in [1.807, 2.05) is 0 Å². The molecule has 2 rings (SSSR count). The van der Waals surface area contributed by atoms with E-state index in [0.29, 0.717) is 31.3 Å². The summed E-state index contributed by atoms with van der Waals surface area (Å²) in [6, 6.07) is 0.234. The summed E-state index contributed by atoms with van der Waals surface area (Å²) in [5.41, 5.74) is 0. The molecule has 2 fully saturated rings. The van der Waals surface area contributed by atoms with Crippen molar-refractivity contribution in [2.75, 3.05) is 33.0 Å². The molecule has 1 N–H and O–H groups in total. The van der Waals surface area contributed by atoms with E-state index in [1.54, 1.807) is 0 Å². The van der Waals surface area contributed by atoms with Gasteiger partial charge in [-0.2, -0.15) is 0 Å². The Morgan fingerprint density at radius 1 is 1.22 bits per heavy atom. The molecule has 2 aliphatic rings. The lowest BCUT2D eigenvalue weighted by molar-refractivity contribution is -0.124. The zero-order chi connectivity index (χ0) is 12.8. The van der Waals surface area contributed by atoms with Crippen molar-refractivity contribution in [1.82, 2.24) is 5.32 Å². The van der Waals surface area contributed by atoms with Gasteiger partial charge in [0.05, 0.1) is 19.1 Å². The fraction of sp³-hybridized carbons (Fsp3) is 0.929. The topological polar surface area (TPSA) is 47.6 Å². The third-order valence-electron chi connectivity index (χ3n) is 3.98. The van der Waals surface area contributed by atoms with E-state index in [1.165, 1.54) is 0 Å². The highest BCUT2D eigenvalue weighted by Gasteiger charge is 2.34. The summed E-state index contributed by atoms with van der Waals surface area (Å²) in [5, 5.41) is 3.43. The molecule has 0 aromatic heterocycles. The predicted octanol–water partition coefficient (Wildman–Crippen LogP) is 1.39. The minimum atomic E-state index is 0.0689. The number of hydrogen-bond donors (Lipinski definition) is 1. The second-order valence-corrected chi connectivity index (χ2v) is 5.43. The van der Waals surface area contributed by atoms with E-state index in [-0.39, 0.29) is 12.0 Å². The van der Waals surface area contributed by atoms with Crippen molar-refractivity contribution < 1.29 is 14.3 Å². The molecule has 4 nitrogen and oxygen atoms in total. The number of nitrogens with one attached hydrogen (secondary N) is 1. The predicted molar refractivity (Wildman–Crippen MR) is 69.6 cm³/mol. The van der Waals surface area contributed by atoms with Crippen molar-refractivity contribution in [1.29, 1.82) is 0 Å². The number of ketones is 1. The quantitative estimate of drug-likeness (QED) is 0.779. The van der Waals surface area contributed by atoms with Crippen LogP contribution in [0.1, 0.15) is 32.6 Å². The van der Waals surface area contributed by atoms with E-state index in [0.717, 1.165) is 39.0 Å². The average Bonchev–Trinajstić information content (AvgIpc) is 2.86. The van der Waals surface area contributed by atoms with Gasteiger partial charge in [-0.05, 0) is 31.7 Å². The molecule has 0 bridgehead atoms. The van der Waals surface area contributed by atoms with Crippen LogP contribution in [-0.4, -0.2) is 44.8 Å². The lowest BCUT2D eigenvalue weighted by atomic mass is 9.87. The average molecular weight is 255 g/mol. The Kier molecular flexibility index (Phi) is 5.60. The van der Waals surface area contributed by atoms with Crippen molar-refractivity contribution in [2.45, 2.75) is 38.6 Å². The van der Waals surface area contributed by atoms with Crippen LogP contribution in [0.3, 0.4) is 0 Å². The van der Waals surface area contributed by atoms with Gasteiger partial charge in [0.15, 0.2) is 0 Å². The normalized spacial score (nSPS) is 29.6. The minimum Gasteiger partial charge on any atom is -0.381 e. The van der Waals surface area contributed by atoms with Gasteiger partial charge < -0.3 is 14.8 Å². The van der Waals surface area contributed by atoms with Crippen LogP contribution in [0.2, 0.25) is 0 Å². The van der Waals surface area contributed by atoms with Crippen LogP contribution in [0.5, 0.6) is 0 Å². The molecule has 18 heavy (non-hydrogen) atoms. The zero-order valence-electron chi connectivity index (χ0n) is 11.3. The molecule has 0 aromatic carbocycles. The summed E-state index contributed by atoms with van der Waals surface area (Å²) in [5.74, 6) is 0.978.